The molecule has 1 aliphatic heterocycles. The Balaban J connectivity index is 1.17. The summed E-state index contributed by atoms with van der Waals surface area (Å²) in [6.07, 6.45) is 4.09. The number of thiazole rings is 1. The molecular weight excluding hydrogens is 650 g/mol. The molecule has 5 aromatic rings. The van der Waals surface area contributed by atoms with Crippen molar-refractivity contribution in [1.82, 2.24) is 19.9 Å². The first-order valence-corrected chi connectivity index (χ1v) is 16.4. The number of fused-ring (bicyclic) bond motifs is 1. The van der Waals surface area contributed by atoms with Crippen molar-refractivity contribution in [3.05, 3.63) is 104 Å². The molecule has 3 aromatic heterocycles. The number of ether oxygens (including phenoxy) is 2. The van der Waals surface area contributed by atoms with Crippen molar-refractivity contribution in [3.8, 4) is 22.8 Å². The van der Waals surface area contributed by atoms with Crippen LogP contribution in [0.1, 0.15) is 42.0 Å². The molecule has 2 aromatic carbocycles. The zero-order chi connectivity index (χ0) is 33.8. The monoisotopic (exact) mass is 683 g/mol. The maximum Gasteiger partial charge on any atom is 0.284 e. The van der Waals surface area contributed by atoms with Crippen molar-refractivity contribution in [2.45, 2.75) is 26.4 Å². The average Bonchev–Trinajstić information content (AvgIpc) is 3.53. The third-order valence-corrected chi connectivity index (χ3v) is 9.55. The van der Waals surface area contributed by atoms with Gasteiger partial charge in [-0.2, -0.15) is 0 Å². The third kappa shape index (κ3) is 7.10. The first kappa shape index (κ1) is 32.9. The number of pyridine rings is 2. The number of likely N-dealkylation sites (N-methyl/N-ethyl adjacent to an activating group) is 1. The Hall–Kier alpha value is -5.04. The van der Waals surface area contributed by atoms with Crippen LogP contribution in [0.15, 0.2) is 67.0 Å². The van der Waals surface area contributed by atoms with E-state index >= 15 is 0 Å². The number of nitrogens with one attached hydrogen (secondary N) is 3. The van der Waals surface area contributed by atoms with E-state index in [1.54, 1.807) is 44.8 Å². The molecule has 0 saturated heterocycles. The number of rotatable bonds is 10. The van der Waals surface area contributed by atoms with Gasteiger partial charge in [0.15, 0.2) is 5.01 Å². The summed E-state index contributed by atoms with van der Waals surface area (Å²) in [6, 6.07) is 16.3. The molecule has 0 unspecified atom stereocenters. The largest absolute Gasteiger partial charge is 0.496 e. The van der Waals surface area contributed by atoms with Gasteiger partial charge in [0.05, 0.1) is 30.6 Å². The molecule has 11 nitrogen and oxygen atoms in total. The van der Waals surface area contributed by atoms with E-state index < -0.39 is 5.91 Å². The summed E-state index contributed by atoms with van der Waals surface area (Å²) >= 11 is 8.30. The Morgan fingerprint density at radius 2 is 1.75 bits per heavy atom. The van der Waals surface area contributed by atoms with Gasteiger partial charge in [-0.15, -0.1) is 11.3 Å². The van der Waals surface area contributed by atoms with Crippen LogP contribution >= 0.6 is 22.9 Å². The molecule has 246 valence electrons. The number of nitrogens with zero attached hydrogens (tertiary/aromatic N) is 4. The molecule has 0 bridgehead atoms. The molecule has 48 heavy (non-hydrogen) atoms. The fourth-order valence-corrected chi connectivity index (χ4v) is 6.78. The number of amides is 2. The second kappa shape index (κ2) is 14.4. The molecule has 2 amide bonds. The first-order chi connectivity index (χ1) is 23.2. The van der Waals surface area contributed by atoms with E-state index in [9.17, 15) is 9.59 Å². The van der Waals surface area contributed by atoms with Gasteiger partial charge in [0.2, 0.25) is 5.88 Å². The molecule has 6 rings (SSSR count). The number of benzene rings is 2. The molecule has 1 aliphatic rings. The Labute approximate surface area is 287 Å². The fourth-order valence-electron chi connectivity index (χ4n) is 5.42. The van der Waals surface area contributed by atoms with E-state index in [-0.39, 0.29) is 11.6 Å². The highest BCUT2D eigenvalue weighted by atomic mass is 35.5. The van der Waals surface area contributed by atoms with Crippen molar-refractivity contribution < 1.29 is 19.1 Å². The molecule has 0 spiro atoms. The van der Waals surface area contributed by atoms with Crippen molar-refractivity contribution in [2.24, 2.45) is 0 Å². The second-order valence-corrected chi connectivity index (χ2v) is 12.7. The average molecular weight is 684 g/mol. The number of halogens is 1. The van der Waals surface area contributed by atoms with Gasteiger partial charge in [0, 0.05) is 78.0 Å². The minimum atomic E-state index is -0.392. The van der Waals surface area contributed by atoms with Gasteiger partial charge in [-0.05, 0) is 43.3 Å². The van der Waals surface area contributed by atoms with Gasteiger partial charge in [-0.25, -0.2) is 9.97 Å². The highest BCUT2D eigenvalue weighted by Crippen LogP contribution is 2.38. The topological polar surface area (TPSA) is 131 Å². The molecule has 0 fully saturated rings. The minimum Gasteiger partial charge on any atom is -0.496 e. The van der Waals surface area contributed by atoms with Gasteiger partial charge < -0.3 is 30.3 Å². The van der Waals surface area contributed by atoms with E-state index in [4.69, 9.17) is 21.1 Å². The van der Waals surface area contributed by atoms with Gasteiger partial charge >= 0.3 is 0 Å². The smallest absolute Gasteiger partial charge is 0.284 e. The van der Waals surface area contributed by atoms with Crippen LogP contribution in [-0.2, 0) is 19.5 Å². The van der Waals surface area contributed by atoms with Gasteiger partial charge in [0.25, 0.3) is 11.8 Å². The lowest BCUT2D eigenvalue weighted by atomic mass is 9.98. The molecule has 0 saturated carbocycles. The van der Waals surface area contributed by atoms with E-state index in [2.05, 4.69) is 42.8 Å². The van der Waals surface area contributed by atoms with Crippen LogP contribution in [-0.4, -0.2) is 59.5 Å². The number of methoxy groups -OCH3 is 2. The maximum atomic E-state index is 13.4. The lowest BCUT2D eigenvalue weighted by Crippen LogP contribution is -2.25. The van der Waals surface area contributed by atoms with Crippen LogP contribution in [0.3, 0.4) is 0 Å². The maximum absolute atomic E-state index is 13.4. The van der Waals surface area contributed by atoms with Crippen LogP contribution in [0.5, 0.6) is 11.6 Å². The Morgan fingerprint density at radius 1 is 0.979 bits per heavy atom. The van der Waals surface area contributed by atoms with E-state index in [1.807, 2.05) is 43.3 Å². The van der Waals surface area contributed by atoms with Crippen LogP contribution in [0.4, 0.5) is 17.1 Å². The standard InChI is InChI=1S/C35H34ClN7O4S/c1-20-23(24-8-6-10-27(32(24)36)41-34(45)35-42-26-12-14-43(2)19-30(26)48-35)7-5-9-25(20)40-33(44)28-16-29(46-3)21(18-39-28)17-38-22-11-13-37-31(15-22)47-4/h5-11,13,15-16,18H,12,14,17,19H2,1-4H3,(H,37,38)(H,40,44)(H,41,45). The van der Waals surface area contributed by atoms with Crippen LogP contribution in [0.25, 0.3) is 11.1 Å². The molecule has 3 N–H and O–H groups in total. The molecule has 13 heteroatoms. The number of anilines is 3. The van der Waals surface area contributed by atoms with Crippen LogP contribution in [0, 0.1) is 6.92 Å². The van der Waals surface area contributed by atoms with Crippen molar-refractivity contribution >= 4 is 51.8 Å². The summed E-state index contributed by atoms with van der Waals surface area (Å²) < 4.78 is 10.8. The predicted molar refractivity (Wildman–Crippen MR) is 189 cm³/mol. The predicted octanol–water partition coefficient (Wildman–Crippen LogP) is 6.68. The van der Waals surface area contributed by atoms with Gasteiger partial charge in [-0.1, -0.05) is 35.9 Å². The Morgan fingerprint density at radius 3 is 2.54 bits per heavy atom. The van der Waals surface area contributed by atoms with Crippen LogP contribution in [0.2, 0.25) is 5.02 Å². The summed E-state index contributed by atoms with van der Waals surface area (Å²) in [5, 5.41) is 10.0. The molecule has 0 aliphatic carbocycles. The number of hydrogen-bond acceptors (Lipinski definition) is 10. The molecule has 0 radical (unpaired) electrons. The zero-order valence-corrected chi connectivity index (χ0v) is 28.5. The van der Waals surface area contributed by atoms with Crippen molar-refractivity contribution in [1.29, 1.82) is 0 Å². The quantitative estimate of drug-likeness (QED) is 0.148. The lowest BCUT2D eigenvalue weighted by molar-refractivity contribution is 0.101. The Kier molecular flexibility index (Phi) is 9.85. The highest BCUT2D eigenvalue weighted by molar-refractivity contribution is 7.13. The highest BCUT2D eigenvalue weighted by Gasteiger charge is 2.23. The fraction of sp³-hybridized carbons (Fsp3) is 0.229. The SMILES string of the molecule is COc1cc(NCc2cnc(C(=O)Nc3cccc(-c4cccc(NC(=O)c5nc6c(s5)CN(C)CC6)c4Cl)c3C)cc2OC)ccn1. The summed E-state index contributed by atoms with van der Waals surface area (Å²) in [6.45, 7) is 4.03. The number of carbonyl (C=O) groups is 2. The summed E-state index contributed by atoms with van der Waals surface area (Å²) in [5.74, 6) is 0.328. The zero-order valence-electron chi connectivity index (χ0n) is 26.9. The number of hydrogen-bond donors (Lipinski definition) is 3. The number of carbonyl (C=O) groups excluding carboxylic acids is 2. The number of aromatic nitrogens is 3. The summed E-state index contributed by atoms with van der Waals surface area (Å²) in [4.78, 5) is 43.0. The molecular formula is C35H34ClN7O4S. The minimum absolute atomic E-state index is 0.198. The van der Waals surface area contributed by atoms with E-state index in [0.29, 0.717) is 45.1 Å². The summed E-state index contributed by atoms with van der Waals surface area (Å²) in [5.41, 5.74) is 6.17. The normalized spacial score (nSPS) is 12.6. The molecule has 4 heterocycles. The van der Waals surface area contributed by atoms with E-state index in [1.165, 1.54) is 11.3 Å². The van der Waals surface area contributed by atoms with Crippen molar-refractivity contribution in [2.75, 3.05) is 43.8 Å². The second-order valence-electron chi connectivity index (χ2n) is 11.3. The Bertz CT molecular complexity index is 2000. The van der Waals surface area contributed by atoms with Gasteiger partial charge in [0.1, 0.15) is 11.4 Å². The van der Waals surface area contributed by atoms with Gasteiger partial charge in [-0.3, -0.25) is 14.6 Å². The first-order valence-electron chi connectivity index (χ1n) is 15.2. The summed E-state index contributed by atoms with van der Waals surface area (Å²) in [7, 11) is 5.17. The third-order valence-electron chi connectivity index (χ3n) is 8.06. The molecule has 0 atom stereocenters. The van der Waals surface area contributed by atoms with Crippen molar-refractivity contribution in [3.63, 3.8) is 0 Å². The van der Waals surface area contributed by atoms with E-state index in [0.717, 1.165) is 52.5 Å². The lowest BCUT2D eigenvalue weighted by Gasteiger charge is -2.20. The van der Waals surface area contributed by atoms with Crippen LogP contribution < -0.4 is 25.4 Å².